The van der Waals surface area contributed by atoms with Crippen LogP contribution >= 0.6 is 0 Å². The number of benzene rings is 2. The van der Waals surface area contributed by atoms with Gasteiger partial charge in [-0.1, -0.05) is 30.3 Å². The van der Waals surface area contributed by atoms with E-state index in [4.69, 9.17) is 0 Å². The van der Waals surface area contributed by atoms with Gasteiger partial charge in [0.1, 0.15) is 0 Å². The molecule has 0 amide bonds. The minimum atomic E-state index is -4.28. The number of nitrogens with zero attached hydrogens (tertiary/aromatic N) is 1. The highest BCUT2D eigenvalue weighted by atomic mass is 19.4. The normalized spacial score (nSPS) is 13.4. The molecule has 0 radical (unpaired) electrons. The van der Waals surface area contributed by atoms with Crippen LogP contribution in [0.3, 0.4) is 0 Å². The molecule has 0 heterocycles. The summed E-state index contributed by atoms with van der Waals surface area (Å²) >= 11 is 0. The summed E-state index contributed by atoms with van der Waals surface area (Å²) < 4.78 is 37.8. The van der Waals surface area contributed by atoms with Crippen molar-refractivity contribution in [2.75, 3.05) is 7.05 Å². The Morgan fingerprint density at radius 3 is 2.09 bits per heavy atom. The van der Waals surface area contributed by atoms with Gasteiger partial charge < -0.3 is 0 Å². The van der Waals surface area contributed by atoms with E-state index < -0.39 is 11.7 Å². The highest BCUT2D eigenvalue weighted by Crippen LogP contribution is 2.29. The maximum atomic E-state index is 12.6. The zero-order valence-corrected chi connectivity index (χ0v) is 13.9. The fourth-order valence-corrected chi connectivity index (χ4v) is 2.50. The Hall–Kier alpha value is -1.81. The van der Waals surface area contributed by atoms with Crippen molar-refractivity contribution in [3.63, 3.8) is 0 Å². The van der Waals surface area contributed by atoms with Gasteiger partial charge in [-0.25, -0.2) is 0 Å². The van der Waals surface area contributed by atoms with Crippen LogP contribution in [0.4, 0.5) is 13.2 Å². The number of hydrogen-bond donors (Lipinski definition) is 0. The molecule has 0 spiro atoms. The molecule has 0 saturated carbocycles. The van der Waals surface area contributed by atoms with Crippen molar-refractivity contribution in [1.82, 2.24) is 4.90 Å². The Morgan fingerprint density at radius 1 is 0.957 bits per heavy atom. The molecule has 0 bridgehead atoms. The second-order valence-corrected chi connectivity index (χ2v) is 6.13. The first-order valence-electron chi connectivity index (χ1n) is 7.62. The minimum absolute atomic E-state index is 0.191. The largest absolute Gasteiger partial charge is 0.416 e. The zero-order valence-electron chi connectivity index (χ0n) is 13.9. The van der Waals surface area contributed by atoms with Crippen LogP contribution < -0.4 is 0 Å². The van der Waals surface area contributed by atoms with Crippen LogP contribution in [0.25, 0.3) is 0 Å². The molecule has 0 N–H and O–H groups in total. The van der Waals surface area contributed by atoms with Gasteiger partial charge in [0.25, 0.3) is 0 Å². The van der Waals surface area contributed by atoms with Crippen LogP contribution in [0, 0.1) is 13.8 Å². The molecular formula is C19H22F3N. The fourth-order valence-electron chi connectivity index (χ4n) is 2.50. The van der Waals surface area contributed by atoms with E-state index in [1.807, 2.05) is 7.05 Å². The topological polar surface area (TPSA) is 3.24 Å². The molecule has 0 fully saturated rings. The first kappa shape index (κ1) is 17.5. The van der Waals surface area contributed by atoms with Crippen LogP contribution in [-0.2, 0) is 12.7 Å². The molecule has 1 atom stereocenters. The third-order valence-corrected chi connectivity index (χ3v) is 4.39. The zero-order chi connectivity index (χ0) is 17.2. The lowest BCUT2D eigenvalue weighted by atomic mass is 10.0. The van der Waals surface area contributed by atoms with Crippen molar-refractivity contribution in [3.8, 4) is 0 Å². The molecule has 2 aromatic carbocycles. The fraction of sp³-hybridized carbons (Fsp3) is 0.368. The van der Waals surface area contributed by atoms with E-state index in [0.717, 1.165) is 17.7 Å². The summed E-state index contributed by atoms with van der Waals surface area (Å²) in [5.41, 5.74) is 3.98. The molecule has 23 heavy (non-hydrogen) atoms. The Balaban J connectivity index is 2.08. The van der Waals surface area contributed by atoms with Gasteiger partial charge in [-0.05, 0) is 62.2 Å². The maximum Gasteiger partial charge on any atom is 0.416 e. The molecule has 0 aliphatic heterocycles. The lowest BCUT2D eigenvalue weighted by molar-refractivity contribution is -0.137. The summed E-state index contributed by atoms with van der Waals surface area (Å²) in [4.78, 5) is 2.13. The SMILES string of the molecule is Cc1ccc(C(C)N(C)Cc2ccc(C(F)(F)F)cc2)cc1C. The summed E-state index contributed by atoms with van der Waals surface area (Å²) in [5, 5.41) is 0. The van der Waals surface area contributed by atoms with Crippen LogP contribution in [0.2, 0.25) is 0 Å². The van der Waals surface area contributed by atoms with Crippen LogP contribution in [0.5, 0.6) is 0 Å². The van der Waals surface area contributed by atoms with Gasteiger partial charge in [-0.2, -0.15) is 13.2 Å². The van der Waals surface area contributed by atoms with E-state index in [9.17, 15) is 13.2 Å². The molecular weight excluding hydrogens is 299 g/mol. The summed E-state index contributed by atoms with van der Waals surface area (Å²) in [7, 11) is 1.98. The van der Waals surface area contributed by atoms with E-state index in [-0.39, 0.29) is 6.04 Å². The second-order valence-electron chi connectivity index (χ2n) is 6.13. The smallest absolute Gasteiger partial charge is 0.295 e. The predicted molar refractivity (Wildman–Crippen MR) is 87.2 cm³/mol. The molecule has 124 valence electrons. The van der Waals surface area contributed by atoms with Crippen molar-refractivity contribution >= 4 is 0 Å². The summed E-state index contributed by atoms with van der Waals surface area (Å²) in [6.07, 6.45) is -4.28. The first-order chi connectivity index (χ1) is 10.7. The third-order valence-electron chi connectivity index (χ3n) is 4.39. The molecule has 1 nitrogen and oxygen atoms in total. The van der Waals surface area contributed by atoms with Crippen LogP contribution in [0.15, 0.2) is 42.5 Å². The third kappa shape index (κ3) is 4.35. The Labute approximate surface area is 135 Å². The summed E-state index contributed by atoms with van der Waals surface area (Å²) in [5.74, 6) is 0. The average molecular weight is 321 g/mol. The Morgan fingerprint density at radius 2 is 1.57 bits per heavy atom. The lowest BCUT2D eigenvalue weighted by Crippen LogP contribution is -2.22. The summed E-state index contributed by atoms with van der Waals surface area (Å²) in [6, 6.07) is 12.0. The number of rotatable bonds is 4. The lowest BCUT2D eigenvalue weighted by Gasteiger charge is -2.26. The van der Waals surface area contributed by atoms with Crippen molar-refractivity contribution in [2.24, 2.45) is 0 Å². The van der Waals surface area contributed by atoms with Gasteiger partial charge in [0.2, 0.25) is 0 Å². The molecule has 1 unspecified atom stereocenters. The first-order valence-corrected chi connectivity index (χ1v) is 7.62. The molecule has 0 aliphatic carbocycles. The molecule has 2 aromatic rings. The number of alkyl halides is 3. The van der Waals surface area contributed by atoms with Crippen molar-refractivity contribution in [3.05, 3.63) is 70.3 Å². The number of halogens is 3. The van der Waals surface area contributed by atoms with E-state index in [1.165, 1.54) is 16.7 Å². The van der Waals surface area contributed by atoms with Crippen molar-refractivity contribution in [2.45, 2.75) is 39.5 Å². The molecule has 0 aliphatic rings. The standard InChI is InChI=1S/C19H22F3N/c1-13-5-8-17(11-14(13)2)15(3)23(4)12-16-6-9-18(10-7-16)19(20,21)22/h5-11,15H,12H2,1-4H3. The van der Waals surface area contributed by atoms with E-state index in [1.54, 1.807) is 12.1 Å². The predicted octanol–water partition coefficient (Wildman–Crippen LogP) is 5.52. The van der Waals surface area contributed by atoms with Gasteiger partial charge in [0.05, 0.1) is 5.56 Å². The Kier molecular flexibility index (Phi) is 5.15. The van der Waals surface area contributed by atoms with Gasteiger partial charge in [0, 0.05) is 12.6 Å². The van der Waals surface area contributed by atoms with E-state index in [0.29, 0.717) is 6.54 Å². The van der Waals surface area contributed by atoms with Gasteiger partial charge in [-0.3, -0.25) is 4.90 Å². The summed E-state index contributed by atoms with van der Waals surface area (Å²) in [6.45, 7) is 6.87. The maximum absolute atomic E-state index is 12.6. The second kappa shape index (κ2) is 6.75. The monoisotopic (exact) mass is 321 g/mol. The van der Waals surface area contributed by atoms with Gasteiger partial charge in [0.15, 0.2) is 0 Å². The molecule has 2 rings (SSSR count). The van der Waals surface area contributed by atoms with Crippen LogP contribution in [-0.4, -0.2) is 11.9 Å². The Bertz CT molecular complexity index is 659. The highest BCUT2D eigenvalue weighted by Gasteiger charge is 2.29. The van der Waals surface area contributed by atoms with Gasteiger partial charge in [-0.15, -0.1) is 0 Å². The van der Waals surface area contributed by atoms with Crippen molar-refractivity contribution < 1.29 is 13.2 Å². The molecule has 0 saturated heterocycles. The van der Waals surface area contributed by atoms with Crippen molar-refractivity contribution in [1.29, 1.82) is 0 Å². The molecule has 0 aromatic heterocycles. The van der Waals surface area contributed by atoms with Crippen LogP contribution in [0.1, 0.15) is 40.8 Å². The number of aryl methyl sites for hydroxylation is 2. The minimum Gasteiger partial charge on any atom is -0.295 e. The van der Waals surface area contributed by atoms with E-state index in [2.05, 4.69) is 43.9 Å². The van der Waals surface area contributed by atoms with E-state index >= 15 is 0 Å². The van der Waals surface area contributed by atoms with Gasteiger partial charge >= 0.3 is 6.18 Å². The highest BCUT2D eigenvalue weighted by molar-refractivity contribution is 5.31. The number of hydrogen-bond acceptors (Lipinski definition) is 1. The quantitative estimate of drug-likeness (QED) is 0.717. The average Bonchev–Trinajstić information content (AvgIpc) is 2.49. The molecule has 4 heteroatoms.